The molecule has 0 aliphatic rings. The number of amides is 3. The molecule has 0 aromatic heterocycles. The molecule has 2 rings (SSSR count). The fourth-order valence-electron chi connectivity index (χ4n) is 2.22. The van der Waals surface area contributed by atoms with Gasteiger partial charge in [-0.15, -0.1) is 0 Å². The van der Waals surface area contributed by atoms with Gasteiger partial charge >= 0.3 is 0 Å². The maximum Gasteiger partial charge on any atom is 0.251 e. The molecule has 136 valence electrons. The molecule has 3 N–H and O–H groups in total. The van der Waals surface area contributed by atoms with Crippen LogP contribution in [-0.4, -0.2) is 24.3 Å². The number of halogens is 1. The van der Waals surface area contributed by atoms with E-state index in [1.54, 1.807) is 42.5 Å². The predicted octanol–water partition coefficient (Wildman–Crippen LogP) is 3.45. The summed E-state index contributed by atoms with van der Waals surface area (Å²) in [7, 11) is 0. The molecule has 6 nitrogen and oxygen atoms in total. The minimum absolute atomic E-state index is 0.0789. The van der Waals surface area contributed by atoms with Crippen molar-refractivity contribution < 1.29 is 14.4 Å². The summed E-state index contributed by atoms with van der Waals surface area (Å²) in [4.78, 5) is 35.6. The van der Waals surface area contributed by atoms with Gasteiger partial charge < -0.3 is 16.0 Å². The van der Waals surface area contributed by atoms with Crippen LogP contribution in [0.2, 0.25) is 5.02 Å². The van der Waals surface area contributed by atoms with E-state index < -0.39 is 0 Å². The molecule has 26 heavy (non-hydrogen) atoms. The number of hydrogen-bond acceptors (Lipinski definition) is 3. The van der Waals surface area contributed by atoms with Crippen LogP contribution in [0.1, 0.15) is 30.1 Å². The minimum atomic E-state index is -0.386. The Hall–Kier alpha value is -2.86. The first kappa shape index (κ1) is 19.5. The SMILES string of the molecule is CCCC(=O)Nc1cccc(NC(=O)CNC(=O)c2cccc(Cl)c2)c1. The Bertz CT molecular complexity index is 808. The standard InChI is InChI=1S/C19H20ClN3O3/c1-2-5-17(24)22-15-8-4-9-16(11-15)23-18(25)12-21-19(26)13-6-3-7-14(20)10-13/h3-4,6-11H,2,5,12H2,1H3,(H,21,26)(H,22,24)(H,23,25). The van der Waals surface area contributed by atoms with Crippen LogP contribution in [0.4, 0.5) is 11.4 Å². The molecule has 0 unspecified atom stereocenters. The maximum absolute atomic E-state index is 12.0. The number of nitrogens with one attached hydrogen (secondary N) is 3. The number of hydrogen-bond donors (Lipinski definition) is 3. The summed E-state index contributed by atoms with van der Waals surface area (Å²) in [6.45, 7) is 1.74. The average Bonchev–Trinajstić information content (AvgIpc) is 2.60. The third-order valence-corrected chi connectivity index (χ3v) is 3.64. The van der Waals surface area contributed by atoms with Gasteiger partial charge in [-0.05, 0) is 42.8 Å². The average molecular weight is 374 g/mol. The molecule has 0 aliphatic carbocycles. The van der Waals surface area contributed by atoms with Gasteiger partial charge in [0.25, 0.3) is 5.91 Å². The highest BCUT2D eigenvalue weighted by Crippen LogP contribution is 2.15. The molecule has 0 heterocycles. The predicted molar refractivity (Wildman–Crippen MR) is 102 cm³/mol. The number of rotatable bonds is 7. The van der Waals surface area contributed by atoms with Gasteiger partial charge in [-0.1, -0.05) is 30.7 Å². The molecule has 0 saturated heterocycles. The lowest BCUT2D eigenvalue weighted by Gasteiger charge is -2.09. The molecule has 0 atom stereocenters. The Morgan fingerprint density at radius 1 is 0.923 bits per heavy atom. The van der Waals surface area contributed by atoms with Gasteiger partial charge in [0.15, 0.2) is 0 Å². The van der Waals surface area contributed by atoms with Crippen molar-refractivity contribution in [1.82, 2.24) is 5.32 Å². The van der Waals surface area contributed by atoms with Gasteiger partial charge in [0.1, 0.15) is 0 Å². The van der Waals surface area contributed by atoms with Gasteiger partial charge in [-0.2, -0.15) is 0 Å². The van der Waals surface area contributed by atoms with Crippen LogP contribution in [0.15, 0.2) is 48.5 Å². The second-order valence-corrected chi connectivity index (χ2v) is 6.06. The largest absolute Gasteiger partial charge is 0.343 e. The normalized spacial score (nSPS) is 10.1. The number of anilines is 2. The molecule has 0 saturated carbocycles. The summed E-state index contributed by atoms with van der Waals surface area (Å²) in [5.74, 6) is -0.842. The van der Waals surface area contributed by atoms with Crippen molar-refractivity contribution in [3.05, 3.63) is 59.1 Å². The minimum Gasteiger partial charge on any atom is -0.343 e. The number of benzene rings is 2. The first-order chi connectivity index (χ1) is 12.5. The Morgan fingerprint density at radius 3 is 2.23 bits per heavy atom. The molecule has 7 heteroatoms. The fourth-order valence-corrected chi connectivity index (χ4v) is 2.41. The molecule has 0 radical (unpaired) electrons. The zero-order valence-electron chi connectivity index (χ0n) is 14.3. The van der Waals surface area contributed by atoms with Crippen LogP contribution < -0.4 is 16.0 Å². The number of carbonyl (C=O) groups excluding carboxylic acids is 3. The third-order valence-electron chi connectivity index (χ3n) is 3.40. The zero-order valence-corrected chi connectivity index (χ0v) is 15.1. The summed E-state index contributed by atoms with van der Waals surface area (Å²) >= 11 is 5.84. The van der Waals surface area contributed by atoms with E-state index in [-0.39, 0.29) is 24.3 Å². The molecular weight excluding hydrogens is 354 g/mol. The molecule has 3 amide bonds. The molecule has 0 fully saturated rings. The lowest BCUT2D eigenvalue weighted by molar-refractivity contribution is -0.116. The maximum atomic E-state index is 12.0. The van der Waals surface area contributed by atoms with Crippen molar-refractivity contribution in [2.45, 2.75) is 19.8 Å². The molecular formula is C19H20ClN3O3. The molecule has 2 aromatic carbocycles. The van der Waals surface area contributed by atoms with E-state index in [9.17, 15) is 14.4 Å². The van der Waals surface area contributed by atoms with Crippen molar-refractivity contribution >= 4 is 40.7 Å². The summed E-state index contributed by atoms with van der Waals surface area (Å²) in [6.07, 6.45) is 1.20. The Kier molecular flexibility index (Phi) is 7.17. The van der Waals surface area contributed by atoms with Crippen molar-refractivity contribution in [3.8, 4) is 0 Å². The van der Waals surface area contributed by atoms with Gasteiger partial charge in [0.2, 0.25) is 11.8 Å². The monoisotopic (exact) mass is 373 g/mol. The van der Waals surface area contributed by atoms with Crippen LogP contribution in [0.3, 0.4) is 0 Å². The summed E-state index contributed by atoms with van der Waals surface area (Å²) in [5, 5.41) is 8.41. The zero-order chi connectivity index (χ0) is 18.9. The first-order valence-corrected chi connectivity index (χ1v) is 8.59. The van der Waals surface area contributed by atoms with Crippen LogP contribution >= 0.6 is 11.6 Å². The lowest BCUT2D eigenvalue weighted by atomic mass is 10.2. The highest BCUT2D eigenvalue weighted by molar-refractivity contribution is 6.31. The van der Waals surface area contributed by atoms with Crippen LogP contribution in [-0.2, 0) is 9.59 Å². The van der Waals surface area contributed by atoms with Gasteiger partial charge in [0.05, 0.1) is 6.54 Å². The summed E-state index contributed by atoms with van der Waals surface area (Å²) < 4.78 is 0. The van der Waals surface area contributed by atoms with Crippen molar-refractivity contribution in [3.63, 3.8) is 0 Å². The van der Waals surface area contributed by atoms with Crippen molar-refractivity contribution in [2.24, 2.45) is 0 Å². The van der Waals surface area contributed by atoms with E-state index >= 15 is 0 Å². The quantitative estimate of drug-likeness (QED) is 0.694. The van der Waals surface area contributed by atoms with E-state index in [1.807, 2.05) is 6.92 Å². The molecule has 0 spiro atoms. The van der Waals surface area contributed by atoms with E-state index in [1.165, 1.54) is 6.07 Å². The van der Waals surface area contributed by atoms with Crippen molar-refractivity contribution in [1.29, 1.82) is 0 Å². The Labute approximate surface area is 156 Å². The summed E-state index contributed by atoms with van der Waals surface area (Å²) in [6, 6.07) is 13.3. The van der Waals surface area contributed by atoms with E-state index in [0.29, 0.717) is 28.4 Å². The lowest BCUT2D eigenvalue weighted by Crippen LogP contribution is -2.32. The molecule has 0 aliphatic heterocycles. The fraction of sp³-hybridized carbons (Fsp3) is 0.211. The van der Waals surface area contributed by atoms with Gasteiger partial charge in [-0.3, -0.25) is 14.4 Å². The highest BCUT2D eigenvalue weighted by Gasteiger charge is 2.09. The highest BCUT2D eigenvalue weighted by atomic mass is 35.5. The second-order valence-electron chi connectivity index (χ2n) is 5.62. The van der Waals surface area contributed by atoms with E-state index in [0.717, 1.165) is 6.42 Å². The van der Waals surface area contributed by atoms with Crippen LogP contribution in [0.5, 0.6) is 0 Å². The molecule has 2 aromatic rings. The van der Waals surface area contributed by atoms with Crippen LogP contribution in [0, 0.1) is 0 Å². The van der Waals surface area contributed by atoms with Gasteiger partial charge in [-0.25, -0.2) is 0 Å². The van der Waals surface area contributed by atoms with Gasteiger partial charge in [0, 0.05) is 28.4 Å². The second kappa shape index (κ2) is 9.58. The third kappa shape index (κ3) is 6.22. The molecule has 0 bridgehead atoms. The topological polar surface area (TPSA) is 87.3 Å². The Morgan fingerprint density at radius 2 is 1.58 bits per heavy atom. The first-order valence-electron chi connectivity index (χ1n) is 8.21. The summed E-state index contributed by atoms with van der Waals surface area (Å²) in [5.41, 5.74) is 1.51. The number of carbonyl (C=O) groups is 3. The van der Waals surface area contributed by atoms with Crippen LogP contribution in [0.25, 0.3) is 0 Å². The van der Waals surface area contributed by atoms with E-state index in [2.05, 4.69) is 16.0 Å². The smallest absolute Gasteiger partial charge is 0.251 e. The Balaban J connectivity index is 1.87. The van der Waals surface area contributed by atoms with E-state index in [4.69, 9.17) is 11.6 Å². The van der Waals surface area contributed by atoms with Crippen molar-refractivity contribution in [2.75, 3.05) is 17.2 Å².